The lowest BCUT2D eigenvalue weighted by molar-refractivity contribution is 0.102. The zero-order valence-corrected chi connectivity index (χ0v) is 16.8. The molecule has 0 bridgehead atoms. The standard InChI is InChI=1S/C19H18FN3O3S2/c1-3-21-28(25,26)15-8-9-17(20)16(10-15)19(24)23-14-6-4-13(5-7-14)18-11-27-12(2)22-18/h4-11,21H,3H2,1-2H3,(H,23,24). The molecule has 146 valence electrons. The number of anilines is 1. The Morgan fingerprint density at radius 3 is 2.50 bits per heavy atom. The molecule has 0 spiro atoms. The number of rotatable bonds is 6. The number of thiazole rings is 1. The molecule has 1 heterocycles. The van der Waals surface area contributed by atoms with Crippen LogP contribution in [0.3, 0.4) is 0 Å². The smallest absolute Gasteiger partial charge is 0.258 e. The van der Waals surface area contributed by atoms with Crippen LogP contribution in [-0.2, 0) is 10.0 Å². The SMILES string of the molecule is CCNS(=O)(=O)c1ccc(F)c(C(=O)Nc2ccc(-c3csc(C)n3)cc2)c1. The number of aryl methyl sites for hydroxylation is 1. The highest BCUT2D eigenvalue weighted by Crippen LogP contribution is 2.24. The van der Waals surface area contributed by atoms with Crippen LogP contribution in [0.1, 0.15) is 22.3 Å². The molecule has 28 heavy (non-hydrogen) atoms. The minimum absolute atomic E-state index is 0.171. The predicted octanol–water partition coefficient (Wildman–Crippen LogP) is 3.81. The average Bonchev–Trinajstić information content (AvgIpc) is 3.09. The molecule has 1 amide bonds. The molecule has 1 aromatic heterocycles. The summed E-state index contributed by atoms with van der Waals surface area (Å²) in [6.07, 6.45) is 0. The lowest BCUT2D eigenvalue weighted by Crippen LogP contribution is -2.24. The van der Waals surface area contributed by atoms with E-state index >= 15 is 0 Å². The van der Waals surface area contributed by atoms with Gasteiger partial charge in [0, 0.05) is 23.2 Å². The van der Waals surface area contributed by atoms with Crippen molar-refractivity contribution in [2.75, 3.05) is 11.9 Å². The second-order valence-electron chi connectivity index (χ2n) is 5.93. The number of nitrogens with one attached hydrogen (secondary N) is 2. The minimum atomic E-state index is -3.79. The molecule has 0 unspecified atom stereocenters. The first-order valence-corrected chi connectivity index (χ1v) is 10.8. The highest BCUT2D eigenvalue weighted by atomic mass is 32.2. The summed E-state index contributed by atoms with van der Waals surface area (Å²) in [4.78, 5) is 16.7. The third kappa shape index (κ3) is 4.44. The fourth-order valence-corrected chi connectivity index (χ4v) is 4.23. The molecule has 0 aliphatic heterocycles. The fraction of sp³-hybridized carbons (Fsp3) is 0.158. The van der Waals surface area contributed by atoms with Gasteiger partial charge in [0.05, 0.1) is 21.2 Å². The molecule has 0 radical (unpaired) electrons. The van der Waals surface area contributed by atoms with Crippen LogP contribution in [0.15, 0.2) is 52.7 Å². The monoisotopic (exact) mass is 419 g/mol. The summed E-state index contributed by atoms with van der Waals surface area (Å²) >= 11 is 1.54. The van der Waals surface area contributed by atoms with Gasteiger partial charge in [0.15, 0.2) is 0 Å². The second kappa shape index (κ2) is 8.17. The molecule has 9 heteroatoms. The molecule has 0 saturated carbocycles. The quantitative estimate of drug-likeness (QED) is 0.636. The van der Waals surface area contributed by atoms with Gasteiger partial charge in [-0.25, -0.2) is 22.5 Å². The Morgan fingerprint density at radius 2 is 1.89 bits per heavy atom. The molecule has 0 aliphatic rings. The molecular weight excluding hydrogens is 401 g/mol. The molecule has 0 atom stereocenters. The van der Waals surface area contributed by atoms with Crippen LogP contribution < -0.4 is 10.0 Å². The van der Waals surface area contributed by atoms with E-state index in [2.05, 4.69) is 15.0 Å². The van der Waals surface area contributed by atoms with Gasteiger partial charge in [-0.2, -0.15) is 0 Å². The van der Waals surface area contributed by atoms with Gasteiger partial charge in [-0.05, 0) is 37.3 Å². The molecule has 3 rings (SSSR count). The summed E-state index contributed by atoms with van der Waals surface area (Å²) < 4.78 is 40.6. The van der Waals surface area contributed by atoms with Gasteiger partial charge in [-0.1, -0.05) is 19.1 Å². The van der Waals surface area contributed by atoms with Crippen molar-refractivity contribution >= 4 is 33.0 Å². The third-order valence-electron chi connectivity index (χ3n) is 3.88. The summed E-state index contributed by atoms with van der Waals surface area (Å²) in [6, 6.07) is 10.1. The number of carbonyl (C=O) groups excluding carboxylic acids is 1. The maximum absolute atomic E-state index is 14.1. The van der Waals surface area contributed by atoms with E-state index in [1.165, 1.54) is 0 Å². The van der Waals surface area contributed by atoms with E-state index < -0.39 is 21.7 Å². The van der Waals surface area contributed by atoms with E-state index in [-0.39, 0.29) is 17.0 Å². The topological polar surface area (TPSA) is 88.2 Å². The van der Waals surface area contributed by atoms with Gasteiger partial charge < -0.3 is 5.32 Å². The Hall–Kier alpha value is -2.62. The molecule has 3 aromatic rings. The first-order valence-electron chi connectivity index (χ1n) is 8.43. The summed E-state index contributed by atoms with van der Waals surface area (Å²) in [6.45, 7) is 3.74. The Kier molecular flexibility index (Phi) is 5.87. The van der Waals surface area contributed by atoms with Crippen molar-refractivity contribution in [1.82, 2.24) is 9.71 Å². The van der Waals surface area contributed by atoms with Crippen molar-refractivity contribution in [3.8, 4) is 11.3 Å². The highest BCUT2D eigenvalue weighted by Gasteiger charge is 2.19. The van der Waals surface area contributed by atoms with Crippen molar-refractivity contribution < 1.29 is 17.6 Å². The van der Waals surface area contributed by atoms with Gasteiger partial charge in [0.2, 0.25) is 10.0 Å². The second-order valence-corrected chi connectivity index (χ2v) is 8.76. The summed E-state index contributed by atoms with van der Waals surface area (Å²) in [7, 11) is -3.79. The van der Waals surface area contributed by atoms with Crippen LogP contribution >= 0.6 is 11.3 Å². The number of amides is 1. The normalized spacial score (nSPS) is 11.4. The molecule has 6 nitrogen and oxygen atoms in total. The Balaban J connectivity index is 1.81. The van der Waals surface area contributed by atoms with Gasteiger partial charge >= 0.3 is 0 Å². The first kappa shape index (κ1) is 20.1. The van der Waals surface area contributed by atoms with E-state index in [4.69, 9.17) is 0 Å². The Labute approximate surface area is 166 Å². The van der Waals surface area contributed by atoms with Gasteiger partial charge in [-0.3, -0.25) is 4.79 Å². The summed E-state index contributed by atoms with van der Waals surface area (Å²) in [5.74, 6) is -1.54. The number of carbonyl (C=O) groups is 1. The third-order valence-corrected chi connectivity index (χ3v) is 6.20. The van der Waals surface area contributed by atoms with E-state index in [0.29, 0.717) is 5.69 Å². The predicted molar refractivity (Wildman–Crippen MR) is 108 cm³/mol. The number of hydrogen-bond acceptors (Lipinski definition) is 5. The number of halogens is 1. The summed E-state index contributed by atoms with van der Waals surface area (Å²) in [5, 5.41) is 5.47. The van der Waals surface area contributed by atoms with E-state index in [0.717, 1.165) is 34.5 Å². The van der Waals surface area contributed by atoms with E-state index in [9.17, 15) is 17.6 Å². The molecule has 2 aromatic carbocycles. The van der Waals surface area contributed by atoms with Crippen molar-refractivity contribution in [2.24, 2.45) is 0 Å². The number of hydrogen-bond donors (Lipinski definition) is 2. The van der Waals surface area contributed by atoms with Crippen LogP contribution in [0.2, 0.25) is 0 Å². The van der Waals surface area contributed by atoms with Crippen molar-refractivity contribution in [3.63, 3.8) is 0 Å². The zero-order valence-electron chi connectivity index (χ0n) is 15.2. The average molecular weight is 420 g/mol. The van der Waals surface area contributed by atoms with Crippen LogP contribution in [-0.4, -0.2) is 25.9 Å². The lowest BCUT2D eigenvalue weighted by atomic mass is 10.1. The molecule has 0 saturated heterocycles. The number of sulfonamides is 1. The van der Waals surface area contributed by atoms with Crippen LogP contribution in [0.4, 0.5) is 10.1 Å². The molecule has 0 aliphatic carbocycles. The van der Waals surface area contributed by atoms with Crippen LogP contribution in [0, 0.1) is 12.7 Å². The van der Waals surface area contributed by atoms with Gasteiger partial charge in [0.25, 0.3) is 5.91 Å². The Morgan fingerprint density at radius 1 is 1.18 bits per heavy atom. The maximum atomic E-state index is 14.1. The number of benzene rings is 2. The van der Waals surface area contributed by atoms with Crippen molar-refractivity contribution in [1.29, 1.82) is 0 Å². The first-order chi connectivity index (χ1) is 13.3. The maximum Gasteiger partial charge on any atom is 0.258 e. The van der Waals surface area contributed by atoms with Crippen molar-refractivity contribution in [3.05, 3.63) is 64.2 Å². The zero-order chi connectivity index (χ0) is 20.3. The number of aromatic nitrogens is 1. The lowest BCUT2D eigenvalue weighted by Gasteiger charge is -2.09. The van der Waals surface area contributed by atoms with Crippen LogP contribution in [0.25, 0.3) is 11.3 Å². The molecular formula is C19H18FN3O3S2. The minimum Gasteiger partial charge on any atom is -0.322 e. The Bertz CT molecular complexity index is 1110. The van der Waals surface area contributed by atoms with E-state index in [1.807, 2.05) is 12.3 Å². The van der Waals surface area contributed by atoms with Gasteiger partial charge in [-0.15, -0.1) is 11.3 Å². The largest absolute Gasteiger partial charge is 0.322 e. The highest BCUT2D eigenvalue weighted by molar-refractivity contribution is 7.89. The number of nitrogens with zero attached hydrogens (tertiary/aromatic N) is 1. The molecule has 0 fully saturated rings. The van der Waals surface area contributed by atoms with Crippen LogP contribution in [0.5, 0.6) is 0 Å². The van der Waals surface area contributed by atoms with Crippen molar-refractivity contribution in [2.45, 2.75) is 18.7 Å². The molecule has 2 N–H and O–H groups in total. The fourth-order valence-electron chi connectivity index (χ4n) is 2.54. The van der Waals surface area contributed by atoms with E-state index in [1.54, 1.807) is 42.5 Å². The van der Waals surface area contributed by atoms with Gasteiger partial charge in [0.1, 0.15) is 5.82 Å². The summed E-state index contributed by atoms with van der Waals surface area (Å²) in [5.41, 5.74) is 1.85.